The van der Waals surface area contributed by atoms with Gasteiger partial charge in [-0.3, -0.25) is 14.8 Å². The second-order valence-corrected chi connectivity index (χ2v) is 9.28. The Bertz CT molecular complexity index is 1110. The molecule has 1 unspecified atom stereocenters. The van der Waals surface area contributed by atoms with Crippen LogP contribution in [-0.2, 0) is 0 Å². The molecule has 3 aromatic rings. The third kappa shape index (κ3) is 6.14. The summed E-state index contributed by atoms with van der Waals surface area (Å²) in [6, 6.07) is 19.3. The molecule has 34 heavy (non-hydrogen) atoms. The number of benzene rings is 2. The van der Waals surface area contributed by atoms with Gasteiger partial charge in [0.25, 0.3) is 0 Å². The van der Waals surface area contributed by atoms with Crippen LogP contribution >= 0.6 is 0 Å². The second kappa shape index (κ2) is 12.0. The molecule has 4 rings (SSSR count). The molecule has 1 fully saturated rings. The lowest BCUT2D eigenvalue weighted by molar-refractivity contribution is 0.0817. The van der Waals surface area contributed by atoms with E-state index >= 15 is 0 Å². The third-order valence-corrected chi connectivity index (χ3v) is 6.94. The zero-order valence-corrected chi connectivity index (χ0v) is 20.5. The summed E-state index contributed by atoms with van der Waals surface area (Å²) in [4.78, 5) is 9.52. The van der Waals surface area contributed by atoms with Gasteiger partial charge in [-0.2, -0.15) is 5.26 Å². The first kappa shape index (κ1) is 24.2. The number of aryl methyl sites for hydroxylation is 1. The number of nitrogens with zero attached hydrogens (tertiary/aromatic N) is 4. The minimum absolute atomic E-state index is 0.433. The van der Waals surface area contributed by atoms with Crippen molar-refractivity contribution in [3.63, 3.8) is 0 Å². The van der Waals surface area contributed by atoms with Crippen LogP contribution in [0.5, 0.6) is 5.75 Å². The highest BCUT2D eigenvalue weighted by Gasteiger charge is 2.25. The highest BCUT2D eigenvalue weighted by Crippen LogP contribution is 2.29. The Labute approximate surface area is 204 Å². The van der Waals surface area contributed by atoms with Gasteiger partial charge in [-0.25, -0.2) is 0 Å². The number of hydrogen-bond donors (Lipinski definition) is 0. The maximum absolute atomic E-state index is 9.31. The molecule has 5 nitrogen and oxygen atoms in total. The predicted octanol–water partition coefficient (Wildman–Crippen LogP) is 5.73. The van der Waals surface area contributed by atoms with Gasteiger partial charge >= 0.3 is 0 Å². The van der Waals surface area contributed by atoms with Crippen LogP contribution in [0.15, 0.2) is 54.7 Å². The van der Waals surface area contributed by atoms with Crippen LogP contribution in [0.1, 0.15) is 55.3 Å². The van der Waals surface area contributed by atoms with Gasteiger partial charge < -0.3 is 4.74 Å². The number of aromatic nitrogens is 1. The molecule has 2 heterocycles. The van der Waals surface area contributed by atoms with E-state index in [0.29, 0.717) is 12.6 Å². The van der Waals surface area contributed by atoms with Crippen molar-refractivity contribution in [1.82, 2.24) is 14.8 Å². The van der Waals surface area contributed by atoms with Gasteiger partial charge in [0.05, 0.1) is 17.1 Å². The van der Waals surface area contributed by atoms with Gasteiger partial charge in [0.2, 0.25) is 0 Å². The largest absolute Gasteiger partial charge is 0.492 e. The Morgan fingerprint density at radius 2 is 1.91 bits per heavy atom. The summed E-state index contributed by atoms with van der Waals surface area (Å²) < 4.78 is 6.05. The standard InChI is InChI=1S/C29H36N4O/c1-3-4-5-8-29(25-9-10-26(22-30)23(2)20-25)33-16-14-32(15-17-33)18-19-34-27-11-12-28-24(21-27)7-6-13-31-28/h6-7,9-13,20-21,29H,3-5,8,14-19H2,1-2H3. The number of nitriles is 1. The first-order valence-electron chi connectivity index (χ1n) is 12.6. The third-order valence-electron chi connectivity index (χ3n) is 6.94. The SMILES string of the molecule is CCCCCC(c1ccc(C#N)c(C)c1)N1CCN(CCOc2ccc3ncccc3c2)CC1. The Hall–Kier alpha value is -2.94. The van der Waals surface area contributed by atoms with Crippen LogP contribution in [0.4, 0.5) is 0 Å². The van der Waals surface area contributed by atoms with E-state index < -0.39 is 0 Å². The van der Waals surface area contributed by atoms with E-state index in [1.54, 1.807) is 0 Å². The topological polar surface area (TPSA) is 52.4 Å². The fraction of sp³-hybridized carbons (Fsp3) is 0.448. The number of hydrogen-bond acceptors (Lipinski definition) is 5. The van der Waals surface area contributed by atoms with Gasteiger partial charge in [0.15, 0.2) is 0 Å². The van der Waals surface area contributed by atoms with Crippen LogP contribution in [0.3, 0.4) is 0 Å². The van der Waals surface area contributed by atoms with Gasteiger partial charge in [0, 0.05) is 50.3 Å². The molecule has 0 bridgehead atoms. The van der Waals surface area contributed by atoms with Crippen LogP contribution in [0.2, 0.25) is 0 Å². The average molecular weight is 457 g/mol. The molecule has 0 spiro atoms. The molecule has 2 aromatic carbocycles. The summed E-state index contributed by atoms with van der Waals surface area (Å²) in [5, 5.41) is 10.4. The smallest absolute Gasteiger partial charge is 0.120 e. The molecule has 1 aliphatic rings. The number of fused-ring (bicyclic) bond motifs is 1. The molecule has 0 aliphatic carbocycles. The second-order valence-electron chi connectivity index (χ2n) is 9.28. The summed E-state index contributed by atoms with van der Waals surface area (Å²) in [6.07, 6.45) is 6.75. The van der Waals surface area contributed by atoms with E-state index in [-0.39, 0.29) is 0 Å². The Morgan fingerprint density at radius 3 is 2.68 bits per heavy atom. The molecular weight excluding hydrogens is 420 g/mol. The monoisotopic (exact) mass is 456 g/mol. The minimum atomic E-state index is 0.433. The van der Waals surface area contributed by atoms with E-state index in [1.165, 1.54) is 31.2 Å². The van der Waals surface area contributed by atoms with Crippen molar-refractivity contribution in [3.8, 4) is 11.8 Å². The Kier molecular flexibility index (Phi) is 8.51. The van der Waals surface area contributed by atoms with Crippen molar-refractivity contribution in [3.05, 3.63) is 71.4 Å². The molecule has 1 atom stereocenters. The van der Waals surface area contributed by atoms with Gasteiger partial charge in [-0.05, 0) is 54.8 Å². The predicted molar refractivity (Wildman–Crippen MR) is 138 cm³/mol. The van der Waals surface area contributed by atoms with E-state index in [4.69, 9.17) is 4.74 Å². The summed E-state index contributed by atoms with van der Waals surface area (Å²) >= 11 is 0. The van der Waals surface area contributed by atoms with Crippen molar-refractivity contribution in [2.75, 3.05) is 39.3 Å². The quantitative estimate of drug-likeness (QED) is 0.365. The number of unbranched alkanes of at least 4 members (excludes halogenated alkanes) is 2. The lowest BCUT2D eigenvalue weighted by Gasteiger charge is -2.39. The van der Waals surface area contributed by atoms with Crippen molar-refractivity contribution in [1.29, 1.82) is 5.26 Å². The Balaban J connectivity index is 1.30. The zero-order chi connectivity index (χ0) is 23.8. The maximum Gasteiger partial charge on any atom is 0.120 e. The van der Waals surface area contributed by atoms with Crippen LogP contribution in [-0.4, -0.2) is 54.1 Å². The van der Waals surface area contributed by atoms with Gasteiger partial charge in [0.1, 0.15) is 12.4 Å². The molecule has 5 heteroatoms. The molecule has 0 amide bonds. The van der Waals surface area contributed by atoms with Gasteiger partial charge in [-0.1, -0.05) is 44.4 Å². The van der Waals surface area contributed by atoms with Crippen LogP contribution in [0, 0.1) is 18.3 Å². The molecule has 1 saturated heterocycles. The summed E-state index contributed by atoms with van der Waals surface area (Å²) in [7, 11) is 0. The van der Waals surface area contributed by atoms with Crippen molar-refractivity contribution >= 4 is 10.9 Å². The first-order chi connectivity index (χ1) is 16.7. The number of pyridine rings is 1. The maximum atomic E-state index is 9.31. The summed E-state index contributed by atoms with van der Waals surface area (Å²) in [5.41, 5.74) is 4.22. The first-order valence-corrected chi connectivity index (χ1v) is 12.6. The molecular formula is C29H36N4O. The Morgan fingerprint density at radius 1 is 1.06 bits per heavy atom. The molecule has 0 N–H and O–H groups in total. The molecule has 1 aliphatic heterocycles. The van der Waals surface area contributed by atoms with Crippen molar-refractivity contribution < 1.29 is 4.74 Å². The fourth-order valence-corrected chi connectivity index (χ4v) is 4.90. The van der Waals surface area contributed by atoms with Crippen LogP contribution < -0.4 is 4.74 Å². The van der Waals surface area contributed by atoms with E-state index in [9.17, 15) is 5.26 Å². The fourth-order valence-electron chi connectivity index (χ4n) is 4.90. The average Bonchev–Trinajstić information content (AvgIpc) is 2.87. The molecule has 178 valence electrons. The molecule has 0 radical (unpaired) electrons. The highest BCUT2D eigenvalue weighted by molar-refractivity contribution is 5.79. The van der Waals surface area contributed by atoms with Crippen LogP contribution in [0.25, 0.3) is 10.9 Å². The number of piperazine rings is 1. The molecule has 0 saturated carbocycles. The van der Waals surface area contributed by atoms with Crippen molar-refractivity contribution in [2.45, 2.75) is 45.6 Å². The number of ether oxygens (including phenoxy) is 1. The summed E-state index contributed by atoms with van der Waals surface area (Å²) in [6.45, 7) is 10.2. The van der Waals surface area contributed by atoms with Gasteiger partial charge in [-0.15, -0.1) is 0 Å². The van der Waals surface area contributed by atoms with E-state index in [0.717, 1.165) is 60.5 Å². The summed E-state index contributed by atoms with van der Waals surface area (Å²) in [5.74, 6) is 0.909. The van der Waals surface area contributed by atoms with Crippen molar-refractivity contribution in [2.24, 2.45) is 0 Å². The highest BCUT2D eigenvalue weighted by atomic mass is 16.5. The minimum Gasteiger partial charge on any atom is -0.492 e. The van der Waals surface area contributed by atoms with E-state index in [1.807, 2.05) is 30.5 Å². The van der Waals surface area contributed by atoms with E-state index in [2.05, 4.69) is 59.0 Å². The zero-order valence-electron chi connectivity index (χ0n) is 20.5. The normalized spacial score (nSPS) is 15.8. The number of rotatable bonds is 10. The lowest BCUT2D eigenvalue weighted by Crippen LogP contribution is -2.48. The molecule has 1 aromatic heterocycles. The lowest BCUT2D eigenvalue weighted by atomic mass is 9.95.